The molecule has 0 heterocycles. The van der Waals surface area contributed by atoms with Crippen molar-refractivity contribution in [2.75, 3.05) is 6.54 Å². The number of rotatable bonds is 6. The molecule has 0 fully saturated rings. The van der Waals surface area contributed by atoms with E-state index in [1.807, 2.05) is 6.92 Å². The highest BCUT2D eigenvalue weighted by Gasteiger charge is 2.30. The number of hydrogen-bond donors (Lipinski definition) is 1. The van der Waals surface area contributed by atoms with Crippen molar-refractivity contribution in [3.8, 4) is 0 Å². The molecule has 0 aromatic heterocycles. The maximum atomic E-state index is 12.4. The first kappa shape index (κ1) is 14.8. The largest absolute Gasteiger partial charge is 0.416 e. The Bertz CT molecular complexity index is 368. The van der Waals surface area contributed by atoms with Crippen LogP contribution in [0, 0.1) is 0 Å². The van der Waals surface area contributed by atoms with Crippen molar-refractivity contribution < 1.29 is 13.2 Å². The molecule has 0 aliphatic rings. The summed E-state index contributed by atoms with van der Waals surface area (Å²) < 4.78 is 37.3. The van der Waals surface area contributed by atoms with E-state index in [1.165, 1.54) is 12.1 Å². The summed E-state index contributed by atoms with van der Waals surface area (Å²) in [5.74, 6) is 0. The second kappa shape index (κ2) is 6.59. The summed E-state index contributed by atoms with van der Waals surface area (Å²) in [5, 5.41) is 3.29. The van der Waals surface area contributed by atoms with Crippen LogP contribution in [0.15, 0.2) is 36.9 Å². The smallest absolute Gasteiger partial charge is 0.310 e. The Morgan fingerprint density at radius 3 is 2.33 bits per heavy atom. The summed E-state index contributed by atoms with van der Waals surface area (Å²) in [4.78, 5) is 0. The van der Waals surface area contributed by atoms with Gasteiger partial charge in [-0.2, -0.15) is 13.2 Å². The molecule has 1 N–H and O–H groups in total. The van der Waals surface area contributed by atoms with E-state index >= 15 is 0 Å². The van der Waals surface area contributed by atoms with E-state index in [2.05, 4.69) is 11.9 Å². The minimum Gasteiger partial charge on any atom is -0.310 e. The molecule has 1 aromatic rings. The van der Waals surface area contributed by atoms with Crippen LogP contribution in [0.1, 0.15) is 36.9 Å². The van der Waals surface area contributed by atoms with E-state index in [-0.39, 0.29) is 6.04 Å². The number of benzene rings is 1. The number of halogens is 3. The molecular formula is C14H18F3N. The van der Waals surface area contributed by atoms with Crippen LogP contribution in [-0.4, -0.2) is 6.54 Å². The van der Waals surface area contributed by atoms with E-state index in [9.17, 15) is 13.2 Å². The molecule has 0 bridgehead atoms. The highest BCUT2D eigenvalue weighted by atomic mass is 19.4. The van der Waals surface area contributed by atoms with Crippen molar-refractivity contribution in [3.63, 3.8) is 0 Å². The molecule has 1 unspecified atom stereocenters. The topological polar surface area (TPSA) is 12.0 Å². The summed E-state index contributed by atoms with van der Waals surface area (Å²) in [6, 6.07) is 5.34. The molecule has 1 rings (SSSR count). The van der Waals surface area contributed by atoms with E-state index in [0.717, 1.165) is 30.7 Å². The first-order valence-corrected chi connectivity index (χ1v) is 6.00. The van der Waals surface area contributed by atoms with Crippen molar-refractivity contribution in [1.29, 1.82) is 0 Å². The Labute approximate surface area is 106 Å². The molecule has 100 valence electrons. The van der Waals surface area contributed by atoms with Crippen molar-refractivity contribution in [2.45, 2.75) is 32.0 Å². The number of alkyl halides is 3. The summed E-state index contributed by atoms with van der Waals surface area (Å²) in [5.41, 5.74) is 0.246. The average molecular weight is 257 g/mol. The molecule has 0 amide bonds. The molecule has 18 heavy (non-hydrogen) atoms. The second-order valence-corrected chi connectivity index (χ2v) is 4.15. The van der Waals surface area contributed by atoms with E-state index < -0.39 is 11.7 Å². The third-order valence-electron chi connectivity index (χ3n) is 2.68. The summed E-state index contributed by atoms with van der Waals surface area (Å²) in [7, 11) is 0. The first-order valence-electron chi connectivity index (χ1n) is 6.00. The predicted molar refractivity (Wildman–Crippen MR) is 67.3 cm³/mol. The third-order valence-corrected chi connectivity index (χ3v) is 2.68. The SMILES string of the molecule is C=CCC(NCCC)c1ccc(C(F)(F)F)cc1. The minimum atomic E-state index is -4.27. The standard InChI is InChI=1S/C14H18F3N/c1-3-5-13(18-10-4-2)11-6-8-12(9-7-11)14(15,16)17/h3,6-9,13,18H,1,4-5,10H2,2H3. The zero-order chi connectivity index (χ0) is 13.6. The van der Waals surface area contributed by atoms with Gasteiger partial charge in [0.15, 0.2) is 0 Å². The lowest BCUT2D eigenvalue weighted by molar-refractivity contribution is -0.137. The Kier molecular flexibility index (Phi) is 5.41. The molecule has 0 saturated carbocycles. The fraction of sp³-hybridized carbons (Fsp3) is 0.429. The van der Waals surface area contributed by atoms with Crippen molar-refractivity contribution in [1.82, 2.24) is 5.32 Å². The Hall–Kier alpha value is -1.29. The van der Waals surface area contributed by atoms with Gasteiger partial charge in [0.25, 0.3) is 0 Å². The molecule has 0 aliphatic heterocycles. The molecule has 0 radical (unpaired) electrons. The summed E-state index contributed by atoms with van der Waals surface area (Å²) >= 11 is 0. The average Bonchev–Trinajstić information content (AvgIpc) is 2.33. The van der Waals surface area contributed by atoms with Crippen LogP contribution in [-0.2, 0) is 6.18 Å². The Morgan fingerprint density at radius 1 is 1.28 bits per heavy atom. The fourth-order valence-corrected chi connectivity index (χ4v) is 1.73. The zero-order valence-electron chi connectivity index (χ0n) is 10.4. The maximum absolute atomic E-state index is 12.4. The van der Waals surface area contributed by atoms with Gasteiger partial charge in [0.1, 0.15) is 0 Å². The van der Waals surface area contributed by atoms with Crippen LogP contribution in [0.2, 0.25) is 0 Å². The van der Waals surface area contributed by atoms with Gasteiger partial charge in [-0.05, 0) is 37.1 Å². The van der Waals surface area contributed by atoms with Crippen LogP contribution in [0.5, 0.6) is 0 Å². The normalized spacial score (nSPS) is 13.3. The van der Waals surface area contributed by atoms with Gasteiger partial charge in [-0.3, -0.25) is 0 Å². The molecule has 1 nitrogen and oxygen atoms in total. The van der Waals surface area contributed by atoms with Gasteiger partial charge in [-0.25, -0.2) is 0 Å². The highest BCUT2D eigenvalue weighted by Crippen LogP contribution is 2.30. The molecular weight excluding hydrogens is 239 g/mol. The summed E-state index contributed by atoms with van der Waals surface area (Å²) in [6.45, 7) is 6.55. The quantitative estimate of drug-likeness (QED) is 0.748. The second-order valence-electron chi connectivity index (χ2n) is 4.15. The Balaban J connectivity index is 2.82. The molecule has 0 saturated heterocycles. The first-order chi connectivity index (χ1) is 8.49. The van der Waals surface area contributed by atoms with Gasteiger partial charge in [-0.1, -0.05) is 25.1 Å². The van der Waals surface area contributed by atoms with Crippen LogP contribution in [0.25, 0.3) is 0 Å². The van der Waals surface area contributed by atoms with Crippen molar-refractivity contribution in [2.24, 2.45) is 0 Å². The predicted octanol–water partition coefficient (Wildman–Crippen LogP) is 4.32. The molecule has 0 aliphatic carbocycles. The molecule has 1 atom stereocenters. The minimum absolute atomic E-state index is 0.0322. The molecule has 4 heteroatoms. The van der Waals surface area contributed by atoms with Gasteiger partial charge in [0.2, 0.25) is 0 Å². The van der Waals surface area contributed by atoms with Gasteiger partial charge < -0.3 is 5.32 Å². The lowest BCUT2D eigenvalue weighted by atomic mass is 10.0. The number of nitrogens with one attached hydrogen (secondary N) is 1. The van der Waals surface area contributed by atoms with E-state index in [4.69, 9.17) is 0 Å². The third kappa shape index (κ3) is 4.18. The Morgan fingerprint density at radius 2 is 1.89 bits per heavy atom. The van der Waals surface area contributed by atoms with Crippen LogP contribution in [0.4, 0.5) is 13.2 Å². The van der Waals surface area contributed by atoms with Gasteiger partial charge in [-0.15, -0.1) is 6.58 Å². The van der Waals surface area contributed by atoms with Crippen molar-refractivity contribution in [3.05, 3.63) is 48.0 Å². The van der Waals surface area contributed by atoms with Crippen molar-refractivity contribution >= 4 is 0 Å². The molecule has 0 spiro atoms. The summed E-state index contributed by atoms with van der Waals surface area (Å²) in [6.07, 6.45) is -0.825. The van der Waals surface area contributed by atoms with Gasteiger partial charge in [0, 0.05) is 6.04 Å². The van der Waals surface area contributed by atoms with Gasteiger partial charge in [0.05, 0.1) is 5.56 Å². The fourth-order valence-electron chi connectivity index (χ4n) is 1.73. The van der Waals surface area contributed by atoms with E-state index in [1.54, 1.807) is 6.08 Å². The lowest BCUT2D eigenvalue weighted by Gasteiger charge is -2.18. The maximum Gasteiger partial charge on any atom is 0.416 e. The highest BCUT2D eigenvalue weighted by molar-refractivity contribution is 5.27. The number of hydrogen-bond acceptors (Lipinski definition) is 1. The van der Waals surface area contributed by atoms with Crippen LogP contribution >= 0.6 is 0 Å². The van der Waals surface area contributed by atoms with Gasteiger partial charge >= 0.3 is 6.18 Å². The van der Waals surface area contributed by atoms with Crippen LogP contribution in [0.3, 0.4) is 0 Å². The monoisotopic (exact) mass is 257 g/mol. The zero-order valence-corrected chi connectivity index (χ0v) is 10.4. The molecule has 1 aromatic carbocycles. The van der Waals surface area contributed by atoms with E-state index in [0.29, 0.717) is 6.42 Å². The van der Waals surface area contributed by atoms with Crippen LogP contribution < -0.4 is 5.32 Å². The lowest BCUT2D eigenvalue weighted by Crippen LogP contribution is -2.21.